The van der Waals surface area contributed by atoms with Gasteiger partial charge in [0.1, 0.15) is 11.6 Å². The molecule has 1 fully saturated rings. The van der Waals surface area contributed by atoms with Gasteiger partial charge < -0.3 is 5.73 Å². The first kappa shape index (κ1) is 13.3. The Bertz CT molecular complexity index is 596. The second kappa shape index (κ2) is 5.75. The second-order valence-corrected chi connectivity index (χ2v) is 5.69. The van der Waals surface area contributed by atoms with Crippen LogP contribution in [0.2, 0.25) is 0 Å². The zero-order valence-electron chi connectivity index (χ0n) is 12.0. The van der Waals surface area contributed by atoms with E-state index in [1.165, 1.54) is 19.3 Å². The molecule has 4 heteroatoms. The number of nitrogens with two attached hydrogens (primary N) is 1. The normalized spacial score (nSPS) is 20.4. The first-order chi connectivity index (χ1) is 9.76. The van der Waals surface area contributed by atoms with Gasteiger partial charge in [-0.1, -0.05) is 25.5 Å². The molecule has 0 bridgehead atoms. The number of benzene rings is 1. The van der Waals surface area contributed by atoms with E-state index < -0.39 is 0 Å². The van der Waals surface area contributed by atoms with E-state index in [-0.39, 0.29) is 0 Å². The molecular weight excluding hydrogens is 248 g/mol. The first-order valence-corrected chi connectivity index (χ1v) is 7.49. The van der Waals surface area contributed by atoms with Gasteiger partial charge in [0, 0.05) is 11.9 Å². The highest BCUT2D eigenvalue weighted by atomic mass is 15.2. The van der Waals surface area contributed by atoms with E-state index in [1.807, 2.05) is 24.3 Å². The smallest absolute Gasteiger partial charge is 0.145 e. The van der Waals surface area contributed by atoms with E-state index in [9.17, 15) is 0 Å². The van der Waals surface area contributed by atoms with E-state index in [0.717, 1.165) is 42.3 Å². The van der Waals surface area contributed by atoms with Gasteiger partial charge >= 0.3 is 0 Å². The summed E-state index contributed by atoms with van der Waals surface area (Å²) in [7, 11) is 0. The molecule has 0 radical (unpaired) electrons. The number of likely N-dealkylation sites (tertiary alicyclic amines) is 1. The summed E-state index contributed by atoms with van der Waals surface area (Å²) in [5.41, 5.74) is 6.99. The van der Waals surface area contributed by atoms with Crippen LogP contribution in [0.1, 0.15) is 32.0 Å². The number of aromatic nitrogens is 2. The molecule has 1 aliphatic heterocycles. The lowest BCUT2D eigenvalue weighted by molar-refractivity contribution is 0.161. The highest BCUT2D eigenvalue weighted by Gasteiger charge is 2.19. The van der Waals surface area contributed by atoms with E-state index in [4.69, 9.17) is 5.73 Å². The summed E-state index contributed by atoms with van der Waals surface area (Å²) in [6, 6.07) is 7.94. The van der Waals surface area contributed by atoms with Gasteiger partial charge in [-0.05, 0) is 37.4 Å². The van der Waals surface area contributed by atoms with Gasteiger partial charge in [0.15, 0.2) is 0 Å². The Balaban J connectivity index is 1.80. The van der Waals surface area contributed by atoms with Crippen molar-refractivity contribution in [2.24, 2.45) is 5.92 Å². The molecule has 0 aliphatic carbocycles. The Hall–Kier alpha value is -1.68. The van der Waals surface area contributed by atoms with Gasteiger partial charge in [-0.2, -0.15) is 0 Å². The predicted molar refractivity (Wildman–Crippen MR) is 82.2 cm³/mol. The predicted octanol–water partition coefficient (Wildman–Crippen LogP) is 2.83. The van der Waals surface area contributed by atoms with Crippen LogP contribution < -0.4 is 5.73 Å². The maximum atomic E-state index is 6.05. The quantitative estimate of drug-likeness (QED) is 0.931. The largest absolute Gasteiger partial charge is 0.383 e. The van der Waals surface area contributed by atoms with E-state index in [0.29, 0.717) is 5.82 Å². The van der Waals surface area contributed by atoms with Crippen molar-refractivity contribution < 1.29 is 0 Å². The number of nitrogen functional groups attached to an aromatic ring is 1. The van der Waals surface area contributed by atoms with E-state index >= 15 is 0 Å². The van der Waals surface area contributed by atoms with Crippen LogP contribution in [0, 0.1) is 5.92 Å². The molecule has 2 heterocycles. The van der Waals surface area contributed by atoms with Crippen LogP contribution in [0.15, 0.2) is 24.3 Å². The average Bonchev–Trinajstić information content (AvgIpc) is 2.47. The Kier molecular flexibility index (Phi) is 3.83. The molecule has 0 saturated carbocycles. The molecule has 2 N–H and O–H groups in total. The fraction of sp³-hybridized carbons (Fsp3) is 0.500. The summed E-state index contributed by atoms with van der Waals surface area (Å²) in [6.07, 6.45) is 3.90. The molecule has 0 unspecified atom stereocenters. The molecule has 4 nitrogen and oxygen atoms in total. The third kappa shape index (κ3) is 2.75. The zero-order chi connectivity index (χ0) is 13.9. The van der Waals surface area contributed by atoms with Crippen molar-refractivity contribution in [2.75, 3.05) is 18.8 Å². The lowest BCUT2D eigenvalue weighted by Crippen LogP contribution is -2.35. The van der Waals surface area contributed by atoms with E-state index in [1.54, 1.807) is 0 Å². The summed E-state index contributed by atoms with van der Waals surface area (Å²) in [4.78, 5) is 11.6. The Morgan fingerprint density at radius 3 is 3.00 bits per heavy atom. The zero-order valence-corrected chi connectivity index (χ0v) is 12.0. The SMILES string of the molecule is CC[C@@H]1CCCN(Cc2nc(N)c3ccccc3n2)C1. The molecular formula is C16H22N4. The summed E-state index contributed by atoms with van der Waals surface area (Å²) < 4.78 is 0. The summed E-state index contributed by atoms with van der Waals surface area (Å²) in [5.74, 6) is 2.26. The number of anilines is 1. The first-order valence-electron chi connectivity index (χ1n) is 7.49. The lowest BCUT2D eigenvalue weighted by atomic mass is 9.96. The van der Waals surface area contributed by atoms with Gasteiger partial charge in [-0.25, -0.2) is 9.97 Å². The molecule has 1 saturated heterocycles. The summed E-state index contributed by atoms with van der Waals surface area (Å²) in [6.45, 7) is 5.39. The fourth-order valence-corrected chi connectivity index (χ4v) is 3.05. The Labute approximate surface area is 120 Å². The minimum Gasteiger partial charge on any atom is -0.383 e. The highest BCUT2D eigenvalue weighted by molar-refractivity contribution is 5.87. The minimum absolute atomic E-state index is 0.592. The van der Waals surface area contributed by atoms with Crippen LogP contribution >= 0.6 is 0 Å². The van der Waals surface area contributed by atoms with Crippen LogP contribution in [0.5, 0.6) is 0 Å². The van der Waals surface area contributed by atoms with Gasteiger partial charge in [0.05, 0.1) is 12.1 Å². The number of fused-ring (bicyclic) bond motifs is 1. The Morgan fingerprint density at radius 1 is 1.30 bits per heavy atom. The lowest BCUT2D eigenvalue weighted by Gasteiger charge is -2.31. The number of rotatable bonds is 3. The summed E-state index contributed by atoms with van der Waals surface area (Å²) >= 11 is 0. The van der Waals surface area contributed by atoms with Crippen LogP contribution in [0.4, 0.5) is 5.82 Å². The van der Waals surface area contributed by atoms with Crippen LogP contribution in [-0.4, -0.2) is 28.0 Å². The molecule has 3 rings (SSSR count). The third-order valence-electron chi connectivity index (χ3n) is 4.22. The Morgan fingerprint density at radius 2 is 2.15 bits per heavy atom. The van der Waals surface area contributed by atoms with Crippen molar-refractivity contribution in [2.45, 2.75) is 32.7 Å². The van der Waals surface area contributed by atoms with Gasteiger partial charge in [-0.15, -0.1) is 0 Å². The molecule has 1 aromatic heterocycles. The maximum Gasteiger partial charge on any atom is 0.145 e. The van der Waals surface area contributed by atoms with Crippen molar-refractivity contribution in [1.82, 2.24) is 14.9 Å². The molecule has 0 amide bonds. The molecule has 106 valence electrons. The molecule has 0 spiro atoms. The van der Waals surface area contributed by atoms with Crippen molar-refractivity contribution in [3.05, 3.63) is 30.1 Å². The molecule has 2 aromatic rings. The monoisotopic (exact) mass is 270 g/mol. The van der Waals surface area contributed by atoms with Gasteiger partial charge in [0.2, 0.25) is 0 Å². The summed E-state index contributed by atoms with van der Waals surface area (Å²) in [5, 5.41) is 0.946. The van der Waals surface area contributed by atoms with Crippen LogP contribution in [0.25, 0.3) is 10.9 Å². The van der Waals surface area contributed by atoms with Gasteiger partial charge in [-0.3, -0.25) is 4.90 Å². The maximum absolute atomic E-state index is 6.05. The number of hydrogen-bond acceptors (Lipinski definition) is 4. The number of piperidine rings is 1. The standard InChI is InChI=1S/C16H22N4/c1-2-12-6-5-9-20(10-12)11-15-18-14-8-4-3-7-13(14)16(17)19-15/h3-4,7-8,12H,2,5-6,9-11H2,1H3,(H2,17,18,19)/t12-/m1/s1. The molecule has 20 heavy (non-hydrogen) atoms. The van der Waals surface area contributed by atoms with Crippen molar-refractivity contribution in [1.29, 1.82) is 0 Å². The van der Waals surface area contributed by atoms with Crippen molar-refractivity contribution >= 4 is 16.7 Å². The van der Waals surface area contributed by atoms with Crippen LogP contribution in [-0.2, 0) is 6.54 Å². The minimum atomic E-state index is 0.592. The van der Waals surface area contributed by atoms with E-state index in [2.05, 4.69) is 21.8 Å². The molecule has 1 atom stereocenters. The average molecular weight is 270 g/mol. The number of para-hydroxylation sites is 1. The van der Waals surface area contributed by atoms with Crippen molar-refractivity contribution in [3.8, 4) is 0 Å². The molecule has 1 aliphatic rings. The van der Waals surface area contributed by atoms with Crippen molar-refractivity contribution in [3.63, 3.8) is 0 Å². The number of nitrogens with zero attached hydrogens (tertiary/aromatic N) is 3. The van der Waals surface area contributed by atoms with Crippen LogP contribution in [0.3, 0.4) is 0 Å². The fourth-order valence-electron chi connectivity index (χ4n) is 3.05. The van der Waals surface area contributed by atoms with Gasteiger partial charge in [0.25, 0.3) is 0 Å². The second-order valence-electron chi connectivity index (χ2n) is 5.69. The molecule has 1 aromatic carbocycles. The number of hydrogen-bond donors (Lipinski definition) is 1. The highest BCUT2D eigenvalue weighted by Crippen LogP contribution is 2.22. The third-order valence-corrected chi connectivity index (χ3v) is 4.22. The topological polar surface area (TPSA) is 55.0 Å².